The van der Waals surface area contributed by atoms with Crippen LogP contribution in [0.2, 0.25) is 0 Å². The van der Waals surface area contributed by atoms with Gasteiger partial charge in [0, 0.05) is 17.2 Å². The molecule has 1 aliphatic heterocycles. The van der Waals surface area contributed by atoms with Gasteiger partial charge in [-0.05, 0) is 37.8 Å². The molecule has 82 valence electrons. The Morgan fingerprint density at radius 3 is 3.00 bits per heavy atom. The molecule has 3 heteroatoms. The SMILES string of the molecule is CSc1cccc(N[C@H]2CCO[C@@H]2C)c1. The van der Waals surface area contributed by atoms with Crippen LogP contribution >= 0.6 is 11.8 Å². The molecule has 0 radical (unpaired) electrons. The highest BCUT2D eigenvalue weighted by Gasteiger charge is 2.23. The number of hydrogen-bond acceptors (Lipinski definition) is 3. The van der Waals surface area contributed by atoms with E-state index in [0.717, 1.165) is 13.0 Å². The summed E-state index contributed by atoms with van der Waals surface area (Å²) >= 11 is 1.77. The lowest BCUT2D eigenvalue weighted by Gasteiger charge is -2.17. The average Bonchev–Trinajstić information content (AvgIpc) is 2.65. The van der Waals surface area contributed by atoms with Gasteiger partial charge < -0.3 is 10.1 Å². The number of benzene rings is 1. The van der Waals surface area contributed by atoms with Crippen LogP contribution in [-0.4, -0.2) is 25.0 Å². The van der Waals surface area contributed by atoms with E-state index >= 15 is 0 Å². The van der Waals surface area contributed by atoms with Gasteiger partial charge >= 0.3 is 0 Å². The van der Waals surface area contributed by atoms with Crippen molar-refractivity contribution in [2.45, 2.75) is 30.4 Å². The standard InChI is InChI=1S/C12H17NOS/c1-9-12(6-7-14-9)13-10-4-3-5-11(8-10)15-2/h3-5,8-9,12-13H,6-7H2,1-2H3/t9-,12+/m1/s1. The van der Waals surface area contributed by atoms with Gasteiger partial charge in [-0.3, -0.25) is 0 Å². The van der Waals surface area contributed by atoms with Crippen LogP contribution in [0.15, 0.2) is 29.2 Å². The molecule has 2 atom stereocenters. The number of nitrogens with one attached hydrogen (secondary N) is 1. The van der Waals surface area contributed by atoms with Gasteiger partial charge in [0.05, 0.1) is 12.1 Å². The second-order valence-corrected chi connectivity index (χ2v) is 4.73. The van der Waals surface area contributed by atoms with E-state index in [9.17, 15) is 0 Å². The smallest absolute Gasteiger partial charge is 0.0748 e. The second-order valence-electron chi connectivity index (χ2n) is 3.85. The first kappa shape index (κ1) is 10.8. The van der Waals surface area contributed by atoms with E-state index < -0.39 is 0 Å². The number of thioether (sulfide) groups is 1. The molecule has 1 aliphatic rings. The maximum absolute atomic E-state index is 5.53. The minimum atomic E-state index is 0.322. The molecule has 1 aromatic rings. The Hall–Kier alpha value is -0.670. The minimum Gasteiger partial charge on any atom is -0.380 e. The number of ether oxygens (including phenoxy) is 1. The lowest BCUT2D eigenvalue weighted by atomic mass is 10.1. The Bertz CT molecular complexity index is 329. The first-order valence-corrected chi connectivity index (χ1v) is 6.54. The van der Waals surface area contributed by atoms with E-state index in [1.165, 1.54) is 10.6 Å². The minimum absolute atomic E-state index is 0.322. The van der Waals surface area contributed by atoms with Crippen molar-refractivity contribution in [2.75, 3.05) is 18.2 Å². The summed E-state index contributed by atoms with van der Waals surface area (Å²) in [4.78, 5) is 1.30. The largest absolute Gasteiger partial charge is 0.380 e. The zero-order valence-electron chi connectivity index (χ0n) is 9.19. The summed E-state index contributed by atoms with van der Waals surface area (Å²) < 4.78 is 5.53. The van der Waals surface area contributed by atoms with Crippen LogP contribution in [0.3, 0.4) is 0 Å². The zero-order valence-corrected chi connectivity index (χ0v) is 10.0. The summed E-state index contributed by atoms with van der Waals surface area (Å²) in [5, 5.41) is 3.53. The fraction of sp³-hybridized carbons (Fsp3) is 0.500. The summed E-state index contributed by atoms with van der Waals surface area (Å²) in [6.45, 7) is 3.00. The summed E-state index contributed by atoms with van der Waals surface area (Å²) in [6, 6.07) is 8.99. The zero-order chi connectivity index (χ0) is 10.7. The Balaban J connectivity index is 2.03. The summed E-state index contributed by atoms with van der Waals surface area (Å²) in [7, 11) is 0. The summed E-state index contributed by atoms with van der Waals surface area (Å²) in [5.74, 6) is 0. The first-order valence-electron chi connectivity index (χ1n) is 5.32. The molecule has 0 aliphatic carbocycles. The van der Waals surface area contributed by atoms with Gasteiger partial charge in [0.2, 0.25) is 0 Å². The van der Waals surface area contributed by atoms with Crippen molar-refractivity contribution in [3.05, 3.63) is 24.3 Å². The maximum atomic E-state index is 5.53. The van der Waals surface area contributed by atoms with Crippen molar-refractivity contribution in [2.24, 2.45) is 0 Å². The predicted octanol–water partition coefficient (Wildman–Crippen LogP) is 3.00. The molecule has 0 saturated carbocycles. The van der Waals surface area contributed by atoms with Gasteiger partial charge in [-0.15, -0.1) is 11.8 Å². The lowest BCUT2D eigenvalue weighted by Crippen LogP contribution is -2.26. The van der Waals surface area contributed by atoms with E-state index in [0.29, 0.717) is 12.1 Å². The van der Waals surface area contributed by atoms with Crippen LogP contribution in [-0.2, 0) is 4.74 Å². The topological polar surface area (TPSA) is 21.3 Å². The third-order valence-corrected chi connectivity index (χ3v) is 3.52. The van der Waals surface area contributed by atoms with Gasteiger partial charge in [0.1, 0.15) is 0 Å². The molecule has 0 amide bonds. The normalized spacial score (nSPS) is 25.5. The third kappa shape index (κ3) is 2.67. The molecule has 0 unspecified atom stereocenters. The molecular weight excluding hydrogens is 206 g/mol. The Morgan fingerprint density at radius 2 is 2.33 bits per heavy atom. The van der Waals surface area contributed by atoms with Crippen molar-refractivity contribution < 1.29 is 4.74 Å². The predicted molar refractivity (Wildman–Crippen MR) is 65.7 cm³/mol. The Labute approximate surface area is 95.4 Å². The van der Waals surface area contributed by atoms with Gasteiger partial charge in [-0.1, -0.05) is 6.07 Å². The van der Waals surface area contributed by atoms with Gasteiger partial charge in [-0.2, -0.15) is 0 Å². The number of hydrogen-bond donors (Lipinski definition) is 1. The molecular formula is C12H17NOS. The Morgan fingerprint density at radius 1 is 1.47 bits per heavy atom. The van der Waals surface area contributed by atoms with Crippen molar-refractivity contribution in [1.29, 1.82) is 0 Å². The number of anilines is 1. The van der Waals surface area contributed by atoms with Gasteiger partial charge in [0.25, 0.3) is 0 Å². The second kappa shape index (κ2) is 4.90. The van der Waals surface area contributed by atoms with Crippen LogP contribution in [0.1, 0.15) is 13.3 Å². The van der Waals surface area contributed by atoms with E-state index in [1.54, 1.807) is 11.8 Å². The lowest BCUT2D eigenvalue weighted by molar-refractivity contribution is 0.121. The summed E-state index contributed by atoms with van der Waals surface area (Å²) in [6.07, 6.45) is 3.52. The van der Waals surface area contributed by atoms with Crippen molar-refractivity contribution in [3.63, 3.8) is 0 Å². The maximum Gasteiger partial charge on any atom is 0.0748 e. The molecule has 0 bridgehead atoms. The first-order chi connectivity index (χ1) is 7.29. The van der Waals surface area contributed by atoms with Gasteiger partial charge in [-0.25, -0.2) is 0 Å². The van der Waals surface area contributed by atoms with E-state index in [4.69, 9.17) is 4.74 Å². The molecule has 1 heterocycles. The summed E-state index contributed by atoms with van der Waals surface area (Å²) in [5.41, 5.74) is 1.20. The highest BCUT2D eigenvalue weighted by molar-refractivity contribution is 7.98. The van der Waals surface area contributed by atoms with Crippen molar-refractivity contribution in [3.8, 4) is 0 Å². The monoisotopic (exact) mass is 223 g/mol. The average molecular weight is 223 g/mol. The Kier molecular flexibility index (Phi) is 3.54. The van der Waals surface area contributed by atoms with Crippen LogP contribution in [0.4, 0.5) is 5.69 Å². The highest BCUT2D eigenvalue weighted by Crippen LogP contribution is 2.22. The van der Waals surface area contributed by atoms with Crippen LogP contribution in [0.5, 0.6) is 0 Å². The number of rotatable bonds is 3. The molecule has 1 N–H and O–H groups in total. The van der Waals surface area contributed by atoms with Gasteiger partial charge in [0.15, 0.2) is 0 Å². The third-order valence-electron chi connectivity index (χ3n) is 2.80. The fourth-order valence-electron chi connectivity index (χ4n) is 1.85. The molecule has 2 nitrogen and oxygen atoms in total. The molecule has 1 fully saturated rings. The van der Waals surface area contributed by atoms with E-state index in [-0.39, 0.29) is 0 Å². The molecule has 0 spiro atoms. The quantitative estimate of drug-likeness (QED) is 0.796. The molecule has 2 rings (SSSR count). The van der Waals surface area contributed by atoms with Crippen LogP contribution in [0.25, 0.3) is 0 Å². The molecule has 1 saturated heterocycles. The molecule has 0 aromatic heterocycles. The van der Waals surface area contributed by atoms with Crippen LogP contribution < -0.4 is 5.32 Å². The molecule has 1 aromatic carbocycles. The van der Waals surface area contributed by atoms with Crippen LogP contribution in [0, 0.1) is 0 Å². The van der Waals surface area contributed by atoms with Crippen molar-refractivity contribution >= 4 is 17.4 Å². The van der Waals surface area contributed by atoms with E-state index in [2.05, 4.69) is 42.8 Å². The van der Waals surface area contributed by atoms with Crippen molar-refractivity contribution in [1.82, 2.24) is 0 Å². The highest BCUT2D eigenvalue weighted by atomic mass is 32.2. The fourth-order valence-corrected chi connectivity index (χ4v) is 2.31. The molecule has 15 heavy (non-hydrogen) atoms. The van der Waals surface area contributed by atoms with E-state index in [1.807, 2.05) is 0 Å².